The van der Waals surface area contributed by atoms with Crippen molar-refractivity contribution < 1.29 is 24.8 Å². The van der Waals surface area contributed by atoms with E-state index in [4.69, 9.17) is 9.47 Å². The summed E-state index contributed by atoms with van der Waals surface area (Å²) in [7, 11) is 0. The Kier molecular flexibility index (Phi) is 10.1. The largest absolute Gasteiger partial charge is 0.394 e. The summed E-state index contributed by atoms with van der Waals surface area (Å²) in [6, 6.07) is 0. The van der Waals surface area contributed by atoms with Gasteiger partial charge < -0.3 is 24.8 Å². The Bertz CT molecular complexity index is 769. The van der Waals surface area contributed by atoms with E-state index in [1.165, 1.54) is 36.0 Å². The third-order valence-corrected chi connectivity index (χ3v) is 6.68. The Morgan fingerprint density at radius 2 is 1.88 bits per heavy atom. The molecule has 0 aromatic heterocycles. The van der Waals surface area contributed by atoms with Crippen LogP contribution in [0.5, 0.6) is 0 Å². The first-order valence-electron chi connectivity index (χ1n) is 11.7. The van der Waals surface area contributed by atoms with E-state index in [0.717, 1.165) is 5.57 Å². The van der Waals surface area contributed by atoms with Crippen LogP contribution in [0.1, 0.15) is 60.8 Å². The third kappa shape index (κ3) is 7.26. The maximum Gasteiger partial charge on any atom is 0.186 e. The summed E-state index contributed by atoms with van der Waals surface area (Å²) in [6.07, 6.45) is 12.5. The zero-order chi connectivity index (χ0) is 23.9. The van der Waals surface area contributed by atoms with E-state index < -0.39 is 24.6 Å². The van der Waals surface area contributed by atoms with E-state index in [-0.39, 0.29) is 24.5 Å². The smallest absolute Gasteiger partial charge is 0.186 e. The van der Waals surface area contributed by atoms with Crippen molar-refractivity contribution >= 4 is 0 Å². The van der Waals surface area contributed by atoms with Crippen LogP contribution in [0.4, 0.5) is 0 Å². The lowest BCUT2D eigenvalue weighted by molar-refractivity contribution is -0.285. The fourth-order valence-corrected chi connectivity index (χ4v) is 4.39. The zero-order valence-corrected chi connectivity index (χ0v) is 20.5. The molecule has 5 nitrogen and oxygen atoms in total. The van der Waals surface area contributed by atoms with E-state index in [1.54, 1.807) is 6.92 Å². The van der Waals surface area contributed by atoms with Crippen LogP contribution in [-0.4, -0.2) is 53.1 Å². The predicted octanol–water partition coefficient (Wildman–Crippen LogP) is 4.61. The molecular weight excluding hydrogens is 404 g/mol. The highest BCUT2D eigenvalue weighted by atomic mass is 16.7. The van der Waals surface area contributed by atoms with E-state index in [9.17, 15) is 15.3 Å². The first-order chi connectivity index (χ1) is 15.1. The molecular formula is C27H42O5. The fourth-order valence-electron chi connectivity index (χ4n) is 4.39. The zero-order valence-electron chi connectivity index (χ0n) is 20.5. The van der Waals surface area contributed by atoms with Crippen LogP contribution in [0.15, 0.2) is 58.7 Å². The molecule has 0 radical (unpaired) electrons. The summed E-state index contributed by atoms with van der Waals surface area (Å²) in [5, 5.41) is 29.6. The molecule has 2 rings (SSSR count). The molecule has 180 valence electrons. The minimum absolute atomic E-state index is 0.225. The van der Waals surface area contributed by atoms with E-state index >= 15 is 0 Å². The normalized spacial score (nSPS) is 32.3. The van der Waals surface area contributed by atoms with Crippen molar-refractivity contribution in [3.8, 4) is 0 Å². The highest BCUT2D eigenvalue weighted by Crippen LogP contribution is 2.40. The molecule has 5 atom stereocenters. The van der Waals surface area contributed by atoms with Crippen molar-refractivity contribution in [3.63, 3.8) is 0 Å². The van der Waals surface area contributed by atoms with Gasteiger partial charge in [-0.3, -0.25) is 0 Å². The van der Waals surface area contributed by atoms with Gasteiger partial charge in [-0.05, 0) is 51.0 Å². The summed E-state index contributed by atoms with van der Waals surface area (Å²) in [4.78, 5) is 0. The molecule has 0 bridgehead atoms. The number of ether oxygens (including phenoxy) is 2. The molecule has 1 aliphatic carbocycles. The molecule has 2 aliphatic rings. The van der Waals surface area contributed by atoms with Crippen molar-refractivity contribution in [1.82, 2.24) is 0 Å². The summed E-state index contributed by atoms with van der Waals surface area (Å²) >= 11 is 0. The predicted molar refractivity (Wildman–Crippen MR) is 129 cm³/mol. The minimum Gasteiger partial charge on any atom is -0.394 e. The molecule has 1 aliphatic heterocycles. The monoisotopic (exact) mass is 446 g/mol. The van der Waals surface area contributed by atoms with E-state index in [0.29, 0.717) is 0 Å². The lowest BCUT2D eigenvalue weighted by atomic mass is 9.72. The van der Waals surface area contributed by atoms with Crippen LogP contribution < -0.4 is 0 Å². The van der Waals surface area contributed by atoms with Crippen LogP contribution in [0, 0.1) is 11.3 Å². The Balaban J connectivity index is 1.88. The van der Waals surface area contributed by atoms with Gasteiger partial charge in [0.05, 0.1) is 25.4 Å². The standard InChI is InChI=1S/C27H42O5/c1-18(12-13-22-20(3)11-8-15-27(22,5)6)9-7-10-19(2)14-16-31-26-25(30)24(29)21(4)23(17-28)32-26/h7,9-10,12-14,21,23-26,28-30H,8,11,15-17H2,1-6H3/b10-7+,13-12+,18-9+,19-14+/t21-,23-,24+,25-,26?/m1/s1. The SMILES string of the molecule is CC1=C(/C=C/C(C)=C/C=C/C(C)=C/COC2O[C@H](CO)[C@@H](C)[C@H](O)[C@H]2O)C(C)(C)CCC1. The maximum atomic E-state index is 10.1. The lowest BCUT2D eigenvalue weighted by Crippen LogP contribution is -2.55. The van der Waals surface area contributed by atoms with Gasteiger partial charge in [0.1, 0.15) is 6.10 Å². The van der Waals surface area contributed by atoms with Gasteiger partial charge in [0.15, 0.2) is 6.29 Å². The molecule has 0 saturated carbocycles. The molecule has 1 saturated heterocycles. The molecule has 0 aromatic carbocycles. The summed E-state index contributed by atoms with van der Waals surface area (Å²) in [5.41, 5.74) is 5.41. The van der Waals surface area contributed by atoms with Gasteiger partial charge in [-0.1, -0.05) is 73.9 Å². The van der Waals surface area contributed by atoms with E-state index in [1.807, 2.05) is 25.2 Å². The second-order valence-corrected chi connectivity index (χ2v) is 9.88. The number of aliphatic hydroxyl groups is 3. The molecule has 0 spiro atoms. The van der Waals surface area contributed by atoms with Gasteiger partial charge in [-0.2, -0.15) is 0 Å². The Morgan fingerprint density at radius 1 is 1.16 bits per heavy atom. The van der Waals surface area contributed by atoms with Gasteiger partial charge in [0.25, 0.3) is 0 Å². The Labute approximate surface area is 193 Å². The first kappa shape index (κ1) is 26.7. The van der Waals surface area contributed by atoms with Crippen LogP contribution in [0.2, 0.25) is 0 Å². The van der Waals surface area contributed by atoms with Crippen molar-refractivity contribution in [2.45, 2.75) is 85.4 Å². The molecule has 1 fully saturated rings. The van der Waals surface area contributed by atoms with Crippen LogP contribution in [0.3, 0.4) is 0 Å². The molecule has 32 heavy (non-hydrogen) atoms. The number of allylic oxidation sites excluding steroid dienone is 9. The molecule has 1 heterocycles. The molecule has 0 amide bonds. The van der Waals surface area contributed by atoms with Crippen LogP contribution in [0.25, 0.3) is 0 Å². The van der Waals surface area contributed by atoms with Crippen LogP contribution >= 0.6 is 0 Å². The molecule has 0 aromatic rings. The van der Waals surface area contributed by atoms with Gasteiger partial charge in [-0.15, -0.1) is 0 Å². The average Bonchev–Trinajstić information content (AvgIpc) is 2.73. The van der Waals surface area contributed by atoms with E-state index in [2.05, 4.69) is 45.9 Å². The third-order valence-electron chi connectivity index (χ3n) is 6.68. The molecule has 1 unspecified atom stereocenters. The van der Waals surface area contributed by atoms with Crippen LogP contribution in [-0.2, 0) is 9.47 Å². The number of hydrogen-bond acceptors (Lipinski definition) is 5. The summed E-state index contributed by atoms with van der Waals surface area (Å²) in [6.45, 7) is 12.7. The van der Waals surface area contributed by atoms with Gasteiger partial charge >= 0.3 is 0 Å². The highest BCUT2D eigenvalue weighted by Gasteiger charge is 2.42. The fraction of sp³-hybridized carbons (Fsp3) is 0.630. The summed E-state index contributed by atoms with van der Waals surface area (Å²) < 4.78 is 11.2. The van der Waals surface area contributed by atoms with Crippen molar-refractivity contribution in [1.29, 1.82) is 0 Å². The average molecular weight is 447 g/mol. The van der Waals surface area contributed by atoms with Gasteiger partial charge in [-0.25, -0.2) is 0 Å². The van der Waals surface area contributed by atoms with Gasteiger partial charge in [0.2, 0.25) is 0 Å². The van der Waals surface area contributed by atoms with Crippen molar-refractivity contribution in [3.05, 3.63) is 58.7 Å². The number of aliphatic hydroxyl groups excluding tert-OH is 3. The first-order valence-corrected chi connectivity index (χ1v) is 11.7. The topological polar surface area (TPSA) is 79.2 Å². The Morgan fingerprint density at radius 3 is 2.53 bits per heavy atom. The van der Waals surface area contributed by atoms with Gasteiger partial charge in [0, 0.05) is 5.92 Å². The minimum atomic E-state index is -1.14. The quantitative estimate of drug-likeness (QED) is 0.475. The Hall–Kier alpha value is -1.50. The van der Waals surface area contributed by atoms with Crippen molar-refractivity contribution in [2.75, 3.05) is 13.2 Å². The number of rotatable bonds is 8. The lowest BCUT2D eigenvalue weighted by Gasteiger charge is -2.40. The second-order valence-electron chi connectivity index (χ2n) is 9.88. The van der Waals surface area contributed by atoms with Crippen molar-refractivity contribution in [2.24, 2.45) is 11.3 Å². The summed E-state index contributed by atoms with van der Waals surface area (Å²) in [5.74, 6) is -0.358. The maximum absolute atomic E-state index is 10.1. The number of hydrogen-bond donors (Lipinski definition) is 3. The molecule has 3 N–H and O–H groups in total. The highest BCUT2D eigenvalue weighted by molar-refractivity contribution is 5.37. The molecule has 5 heteroatoms. The second kappa shape index (κ2) is 12.1.